The number of nitrogens with one attached hydrogen (secondary N) is 2. The molecule has 0 saturated heterocycles. The van der Waals surface area contributed by atoms with E-state index in [-0.39, 0.29) is 36.2 Å². The van der Waals surface area contributed by atoms with E-state index in [9.17, 15) is 13.2 Å². The van der Waals surface area contributed by atoms with Crippen LogP contribution in [0.2, 0.25) is 0 Å². The van der Waals surface area contributed by atoms with Crippen molar-refractivity contribution in [2.24, 2.45) is 0 Å². The van der Waals surface area contributed by atoms with Gasteiger partial charge in [-0.2, -0.15) is 5.26 Å². The van der Waals surface area contributed by atoms with Gasteiger partial charge in [0.25, 0.3) is 0 Å². The van der Waals surface area contributed by atoms with Gasteiger partial charge in [-0.1, -0.05) is 12.1 Å². The summed E-state index contributed by atoms with van der Waals surface area (Å²) >= 11 is 0. The Morgan fingerprint density at radius 3 is 2.43 bits per heavy atom. The van der Waals surface area contributed by atoms with Crippen LogP contribution < -0.4 is 10.0 Å². The lowest BCUT2D eigenvalue weighted by atomic mass is 10.2. The zero-order chi connectivity index (χ0) is 15.9. The molecule has 0 aliphatic heterocycles. The van der Waals surface area contributed by atoms with Gasteiger partial charge >= 0.3 is 0 Å². The van der Waals surface area contributed by atoms with Crippen molar-refractivity contribution in [3.63, 3.8) is 0 Å². The maximum absolute atomic E-state index is 12.0. The lowest BCUT2D eigenvalue weighted by Gasteiger charge is -2.09. The molecule has 0 radical (unpaired) electrons. The number of benzene rings is 1. The van der Waals surface area contributed by atoms with Gasteiger partial charge in [0.1, 0.15) is 0 Å². The van der Waals surface area contributed by atoms with E-state index in [2.05, 4.69) is 10.0 Å². The molecule has 0 aliphatic rings. The number of hydrogen-bond donors (Lipinski definition) is 2. The first-order valence-corrected chi connectivity index (χ1v) is 8.08. The van der Waals surface area contributed by atoms with Gasteiger partial charge in [-0.3, -0.25) is 4.79 Å². The average molecular weight is 309 g/mol. The summed E-state index contributed by atoms with van der Waals surface area (Å²) in [6.45, 7) is 3.72. The van der Waals surface area contributed by atoms with E-state index in [1.807, 2.05) is 19.9 Å². The first-order chi connectivity index (χ1) is 9.85. The highest BCUT2D eigenvalue weighted by molar-refractivity contribution is 7.89. The number of carbonyl (C=O) groups is 1. The fourth-order valence-electron chi connectivity index (χ4n) is 1.65. The number of hydrogen-bond acceptors (Lipinski definition) is 4. The Kier molecular flexibility index (Phi) is 6.34. The van der Waals surface area contributed by atoms with Crippen LogP contribution in [0.1, 0.15) is 25.8 Å². The highest BCUT2D eigenvalue weighted by atomic mass is 32.2. The minimum Gasteiger partial charge on any atom is -0.354 e. The van der Waals surface area contributed by atoms with E-state index >= 15 is 0 Å². The molecule has 0 unspecified atom stereocenters. The highest BCUT2D eigenvalue weighted by Crippen LogP contribution is 2.10. The minimum atomic E-state index is -3.63. The normalized spacial score (nSPS) is 11.1. The molecule has 1 aromatic carbocycles. The van der Waals surface area contributed by atoms with E-state index in [1.54, 1.807) is 12.1 Å². The molecule has 0 spiro atoms. The maximum atomic E-state index is 12.0. The molecule has 0 saturated carbocycles. The standard InChI is InChI=1S/C14H19N3O3S/c1-11(2)17-14(18)8-10-16-21(19,20)13-5-3-12(4-6-13)7-9-15/h3-6,11,16H,7-8,10H2,1-2H3,(H,17,18). The molecule has 114 valence electrons. The summed E-state index contributed by atoms with van der Waals surface area (Å²) in [5.41, 5.74) is 0.757. The average Bonchev–Trinajstić information content (AvgIpc) is 2.38. The van der Waals surface area contributed by atoms with E-state index < -0.39 is 10.0 Å². The Morgan fingerprint density at radius 2 is 1.90 bits per heavy atom. The van der Waals surface area contributed by atoms with Crippen molar-refractivity contribution in [2.75, 3.05) is 6.54 Å². The van der Waals surface area contributed by atoms with Crippen molar-refractivity contribution in [3.8, 4) is 6.07 Å². The molecule has 1 rings (SSSR count). The molecule has 1 amide bonds. The van der Waals surface area contributed by atoms with Crippen molar-refractivity contribution >= 4 is 15.9 Å². The molecule has 0 heterocycles. The maximum Gasteiger partial charge on any atom is 0.240 e. The van der Waals surface area contributed by atoms with Gasteiger partial charge in [0, 0.05) is 19.0 Å². The van der Waals surface area contributed by atoms with E-state index in [4.69, 9.17) is 5.26 Å². The minimum absolute atomic E-state index is 0.0294. The van der Waals surface area contributed by atoms with Crippen molar-refractivity contribution in [3.05, 3.63) is 29.8 Å². The highest BCUT2D eigenvalue weighted by Gasteiger charge is 2.14. The fraction of sp³-hybridized carbons (Fsp3) is 0.429. The number of nitriles is 1. The van der Waals surface area contributed by atoms with Gasteiger partial charge in [-0.25, -0.2) is 13.1 Å². The SMILES string of the molecule is CC(C)NC(=O)CCNS(=O)(=O)c1ccc(CC#N)cc1. The summed E-state index contributed by atoms with van der Waals surface area (Å²) in [5, 5.41) is 11.2. The number of nitrogens with zero attached hydrogens (tertiary/aromatic N) is 1. The van der Waals surface area contributed by atoms with Gasteiger partial charge in [-0.05, 0) is 31.5 Å². The lowest BCUT2D eigenvalue weighted by molar-refractivity contribution is -0.121. The number of sulfonamides is 1. The zero-order valence-corrected chi connectivity index (χ0v) is 12.9. The van der Waals surface area contributed by atoms with Gasteiger partial charge < -0.3 is 5.32 Å². The molecule has 6 nitrogen and oxygen atoms in total. The van der Waals surface area contributed by atoms with Crippen LogP contribution in [0, 0.1) is 11.3 Å². The summed E-state index contributed by atoms with van der Waals surface area (Å²) in [6.07, 6.45) is 0.326. The third kappa shape index (κ3) is 5.94. The molecule has 2 N–H and O–H groups in total. The topological polar surface area (TPSA) is 99.1 Å². The third-order valence-corrected chi connectivity index (χ3v) is 4.09. The molecule has 21 heavy (non-hydrogen) atoms. The Labute approximate surface area is 125 Å². The molecule has 7 heteroatoms. The summed E-state index contributed by atoms with van der Waals surface area (Å²) in [6, 6.07) is 8.12. The molecule has 0 aliphatic carbocycles. The van der Waals surface area contributed by atoms with Crippen molar-refractivity contribution in [1.29, 1.82) is 5.26 Å². The summed E-state index contributed by atoms with van der Waals surface area (Å²) in [7, 11) is -3.63. The largest absolute Gasteiger partial charge is 0.354 e. The van der Waals surface area contributed by atoms with Crippen molar-refractivity contribution in [1.82, 2.24) is 10.0 Å². The second-order valence-electron chi connectivity index (χ2n) is 4.85. The molecule has 0 bridgehead atoms. The predicted octanol–water partition coefficient (Wildman–Crippen LogP) is 0.946. The summed E-state index contributed by atoms with van der Waals surface area (Å²) in [5.74, 6) is -0.197. The van der Waals surface area contributed by atoms with Crippen LogP contribution in [0.25, 0.3) is 0 Å². The second-order valence-corrected chi connectivity index (χ2v) is 6.62. The first kappa shape index (κ1) is 17.1. The van der Waals surface area contributed by atoms with Gasteiger partial charge in [0.05, 0.1) is 17.4 Å². The van der Waals surface area contributed by atoms with E-state index in [1.165, 1.54) is 12.1 Å². The molecule has 0 fully saturated rings. The number of amides is 1. The van der Waals surface area contributed by atoms with Crippen LogP contribution >= 0.6 is 0 Å². The Balaban J connectivity index is 2.57. The van der Waals surface area contributed by atoms with Crippen LogP contribution in [-0.2, 0) is 21.2 Å². The monoisotopic (exact) mass is 309 g/mol. The number of rotatable bonds is 7. The van der Waals surface area contributed by atoms with Crippen LogP contribution in [0.3, 0.4) is 0 Å². The van der Waals surface area contributed by atoms with E-state index in [0.29, 0.717) is 0 Å². The van der Waals surface area contributed by atoms with Crippen LogP contribution in [0.5, 0.6) is 0 Å². The second kappa shape index (κ2) is 7.76. The summed E-state index contributed by atoms with van der Waals surface area (Å²) < 4.78 is 26.4. The van der Waals surface area contributed by atoms with Gasteiger partial charge in [0.2, 0.25) is 15.9 Å². The zero-order valence-electron chi connectivity index (χ0n) is 12.1. The quantitative estimate of drug-likeness (QED) is 0.783. The van der Waals surface area contributed by atoms with Crippen molar-refractivity contribution in [2.45, 2.75) is 37.6 Å². The Bertz CT molecular complexity index is 616. The third-order valence-electron chi connectivity index (χ3n) is 2.61. The smallest absolute Gasteiger partial charge is 0.240 e. The molecule has 0 aromatic heterocycles. The fourth-order valence-corrected chi connectivity index (χ4v) is 2.69. The summed E-state index contributed by atoms with van der Waals surface area (Å²) in [4.78, 5) is 11.5. The van der Waals surface area contributed by atoms with Gasteiger partial charge in [-0.15, -0.1) is 0 Å². The Hall–Kier alpha value is -1.91. The predicted molar refractivity (Wildman–Crippen MR) is 78.8 cm³/mol. The van der Waals surface area contributed by atoms with E-state index in [0.717, 1.165) is 5.56 Å². The molecular formula is C14H19N3O3S. The lowest BCUT2D eigenvalue weighted by Crippen LogP contribution is -2.34. The van der Waals surface area contributed by atoms with Gasteiger partial charge in [0.15, 0.2) is 0 Å². The van der Waals surface area contributed by atoms with Crippen LogP contribution in [0.4, 0.5) is 0 Å². The van der Waals surface area contributed by atoms with Crippen LogP contribution in [0.15, 0.2) is 29.2 Å². The first-order valence-electron chi connectivity index (χ1n) is 6.60. The Morgan fingerprint density at radius 1 is 1.29 bits per heavy atom. The molecule has 0 atom stereocenters. The molecule has 1 aromatic rings. The van der Waals surface area contributed by atoms with Crippen molar-refractivity contribution < 1.29 is 13.2 Å². The number of carbonyl (C=O) groups excluding carboxylic acids is 1. The van der Waals surface area contributed by atoms with Crippen LogP contribution in [-0.4, -0.2) is 26.9 Å². The molecular weight excluding hydrogens is 290 g/mol.